The minimum absolute atomic E-state index is 0.201. The Kier molecular flexibility index (Phi) is 8.53. The second kappa shape index (κ2) is 9.71. The van der Waals surface area contributed by atoms with Gasteiger partial charge in [-0.25, -0.2) is 14.0 Å². The zero-order valence-electron chi connectivity index (χ0n) is 17.1. The second-order valence-corrected chi connectivity index (χ2v) is 8.21. The number of ether oxygens (including phenoxy) is 1. The van der Waals surface area contributed by atoms with Crippen molar-refractivity contribution >= 4 is 10.1 Å². The summed E-state index contributed by atoms with van der Waals surface area (Å²) in [5.74, 6) is -9.33. The van der Waals surface area contributed by atoms with Crippen LogP contribution in [0.2, 0.25) is 0 Å². The average Bonchev–Trinajstić information content (AvgIpc) is 2.68. The molecule has 1 rings (SSSR count). The van der Waals surface area contributed by atoms with E-state index in [1.807, 2.05) is 0 Å². The highest BCUT2D eigenvalue weighted by Gasteiger charge is 2.88. The van der Waals surface area contributed by atoms with Gasteiger partial charge in [0, 0.05) is 6.07 Å². The summed E-state index contributed by atoms with van der Waals surface area (Å²) in [7, 11) is -5.45. The topological polar surface area (TPSA) is 93.1 Å². The predicted octanol–water partition coefficient (Wildman–Crippen LogP) is 6.65. The zero-order valence-corrected chi connectivity index (χ0v) is 17.9. The van der Waals surface area contributed by atoms with Gasteiger partial charge in [0.25, 0.3) is 10.1 Å². The Morgan fingerprint density at radius 2 is 1.00 bits per heavy atom. The number of allylic oxidation sites excluding steroid dienone is 2. The van der Waals surface area contributed by atoms with E-state index >= 15 is 0 Å². The Balaban J connectivity index is 4.59. The van der Waals surface area contributed by atoms with Crippen molar-refractivity contribution in [2.24, 2.45) is 0 Å². The molecule has 6 nitrogen and oxygen atoms in total. The molecule has 0 spiro atoms. The summed E-state index contributed by atoms with van der Waals surface area (Å²) < 4.78 is 262. The van der Waals surface area contributed by atoms with Crippen LogP contribution in [0.1, 0.15) is 0 Å². The first-order valence-electron chi connectivity index (χ1n) is 8.47. The Bertz CT molecular complexity index is 1140. The van der Waals surface area contributed by atoms with Crippen LogP contribution in [0.5, 0.6) is 11.5 Å². The number of hydrogen-bond donors (Lipinski definition) is 2. The van der Waals surface area contributed by atoms with Crippen LogP contribution < -0.4 is 9.62 Å². The average molecular weight is 636 g/mol. The van der Waals surface area contributed by atoms with Gasteiger partial charge in [-0.3, -0.25) is 4.55 Å². The summed E-state index contributed by atoms with van der Waals surface area (Å²) >= 11 is 0. The lowest BCUT2D eigenvalue weighted by Gasteiger charge is -2.41. The number of hydrogen-bond acceptors (Lipinski definition) is 5. The first-order valence-corrected chi connectivity index (χ1v) is 9.91. The van der Waals surface area contributed by atoms with Crippen molar-refractivity contribution in [3.8, 4) is 11.5 Å². The molecule has 24 heteroatoms. The Morgan fingerprint density at radius 1 is 0.641 bits per heavy atom. The van der Waals surface area contributed by atoms with Crippen molar-refractivity contribution < 1.29 is 102 Å². The van der Waals surface area contributed by atoms with Crippen LogP contribution in [0, 0.1) is 0 Å². The lowest BCUT2D eigenvalue weighted by Crippen LogP contribution is -2.67. The summed E-state index contributed by atoms with van der Waals surface area (Å²) in [6.07, 6.45) is -40.4. The lowest BCUT2D eigenvalue weighted by molar-refractivity contribution is -0.365. The molecule has 0 fully saturated rings. The summed E-state index contributed by atoms with van der Waals surface area (Å²) in [5.41, 5.74) is -22.7. The van der Waals surface area contributed by atoms with E-state index in [1.54, 1.807) is 0 Å². The summed E-state index contributed by atoms with van der Waals surface area (Å²) in [6, 6.07) is -1.04. The highest BCUT2D eigenvalue weighted by molar-refractivity contribution is 7.85. The molecule has 0 aliphatic rings. The van der Waals surface area contributed by atoms with E-state index in [-0.39, 0.29) is 12.1 Å². The van der Waals surface area contributed by atoms with Crippen molar-refractivity contribution in [2.45, 2.75) is 47.1 Å². The van der Waals surface area contributed by atoms with E-state index in [4.69, 9.17) is 9.81 Å². The molecule has 1 aromatic carbocycles. The van der Waals surface area contributed by atoms with Crippen LogP contribution in [-0.4, -0.2) is 60.4 Å². The molecule has 0 amide bonds. The molecule has 0 bridgehead atoms. The van der Waals surface area contributed by atoms with Gasteiger partial charge in [-0.05, 0) is 12.1 Å². The second-order valence-electron chi connectivity index (χ2n) is 6.79. The maximum Gasteiger partial charge on any atom is 0.449 e. The SMILES string of the molecule is O=S(=O)(O)c1ccc(OC(=C(C(F)(C(F)(F)F)C(F)(F)F)C(F)(C(F)(F)F)C(F)(F)F)C(F)(F)F)c(OO)c1. The molecular weight excluding hydrogens is 631 g/mol. The molecule has 0 radical (unpaired) electrons. The molecule has 1 aromatic rings. The van der Waals surface area contributed by atoms with Gasteiger partial charge in [0.05, 0.1) is 10.5 Å². The molecule has 39 heavy (non-hydrogen) atoms. The van der Waals surface area contributed by atoms with Gasteiger partial charge in [0.2, 0.25) is 11.5 Å². The Labute approximate surface area is 201 Å². The minimum atomic E-state index is -8.45. The van der Waals surface area contributed by atoms with Gasteiger partial charge < -0.3 is 9.62 Å². The fourth-order valence-corrected chi connectivity index (χ4v) is 3.10. The van der Waals surface area contributed by atoms with Crippen molar-refractivity contribution in [1.82, 2.24) is 0 Å². The molecule has 0 heterocycles. The molecule has 0 aliphatic heterocycles. The van der Waals surface area contributed by atoms with Crippen LogP contribution in [0.3, 0.4) is 0 Å². The summed E-state index contributed by atoms with van der Waals surface area (Å²) in [6.45, 7) is 0. The van der Waals surface area contributed by atoms with Crippen LogP contribution in [0.15, 0.2) is 34.4 Å². The third-order valence-corrected chi connectivity index (χ3v) is 5.11. The third-order valence-electron chi connectivity index (χ3n) is 4.26. The number of halogens is 17. The van der Waals surface area contributed by atoms with Crippen LogP contribution in [0.25, 0.3) is 0 Å². The number of alkyl halides is 17. The normalized spacial score (nSPS) is 14.7. The van der Waals surface area contributed by atoms with E-state index in [0.29, 0.717) is 0 Å². The van der Waals surface area contributed by atoms with Gasteiger partial charge in [-0.1, -0.05) is 0 Å². The van der Waals surface area contributed by atoms with Gasteiger partial charge in [0.1, 0.15) is 0 Å². The predicted molar refractivity (Wildman–Crippen MR) is 85.1 cm³/mol. The molecule has 0 aliphatic carbocycles. The van der Waals surface area contributed by atoms with E-state index in [2.05, 4.69) is 9.62 Å². The smallest absolute Gasteiger partial charge is 0.448 e. The maximum atomic E-state index is 14.6. The molecule has 0 saturated heterocycles. The van der Waals surface area contributed by atoms with E-state index in [9.17, 15) is 83.1 Å². The summed E-state index contributed by atoms with van der Waals surface area (Å²) in [5, 5.41) is 8.58. The van der Waals surface area contributed by atoms with Gasteiger partial charge in [-0.15, -0.1) is 0 Å². The number of benzene rings is 1. The van der Waals surface area contributed by atoms with Crippen molar-refractivity contribution in [1.29, 1.82) is 0 Å². The van der Waals surface area contributed by atoms with Crippen molar-refractivity contribution in [3.63, 3.8) is 0 Å². The monoisotopic (exact) mass is 636 g/mol. The molecule has 0 saturated carbocycles. The van der Waals surface area contributed by atoms with E-state index in [0.717, 1.165) is 0 Å². The fourth-order valence-electron chi connectivity index (χ4n) is 2.60. The standard InChI is InChI=1S/C15H5F17O6S/c16-9(12(21,22)23,13(24,25)26)7(10(17,14(27,28)29)15(30,31)32)8(11(18,19)20)37-5-2-1-4(39(34,35)36)3-6(5)38-33/h1-3,33H,(H,34,35,36). The van der Waals surface area contributed by atoms with E-state index < -0.39 is 86.1 Å². The molecule has 0 unspecified atom stereocenters. The van der Waals surface area contributed by atoms with Gasteiger partial charge in [0.15, 0.2) is 5.75 Å². The first kappa shape index (κ1) is 34.3. The first-order chi connectivity index (χ1) is 16.9. The Hall–Kier alpha value is -2.76. The molecular formula is C15H5F17O6S. The molecule has 2 N–H and O–H groups in total. The van der Waals surface area contributed by atoms with Crippen LogP contribution in [-0.2, 0) is 10.1 Å². The van der Waals surface area contributed by atoms with Crippen LogP contribution in [0.4, 0.5) is 74.6 Å². The largest absolute Gasteiger partial charge is 0.449 e. The highest BCUT2D eigenvalue weighted by atomic mass is 32.2. The summed E-state index contributed by atoms with van der Waals surface area (Å²) in [4.78, 5) is 1.60. The highest BCUT2D eigenvalue weighted by Crippen LogP contribution is 2.63. The minimum Gasteiger partial charge on any atom is -0.448 e. The van der Waals surface area contributed by atoms with Gasteiger partial charge >= 0.3 is 42.2 Å². The molecule has 0 aromatic heterocycles. The maximum absolute atomic E-state index is 14.6. The third kappa shape index (κ3) is 6.05. The van der Waals surface area contributed by atoms with E-state index in [1.165, 1.54) is 0 Å². The molecule has 226 valence electrons. The van der Waals surface area contributed by atoms with Gasteiger partial charge in [-0.2, -0.15) is 74.3 Å². The fraction of sp³-hybridized carbons (Fsp3) is 0.467. The van der Waals surface area contributed by atoms with Crippen molar-refractivity contribution in [2.75, 3.05) is 0 Å². The number of rotatable bonds is 6. The molecule has 0 atom stereocenters. The Morgan fingerprint density at radius 3 is 1.26 bits per heavy atom. The van der Waals surface area contributed by atoms with Crippen LogP contribution >= 0.6 is 0 Å². The van der Waals surface area contributed by atoms with Crippen molar-refractivity contribution in [3.05, 3.63) is 29.5 Å². The quantitative estimate of drug-likeness (QED) is 0.120. The lowest BCUT2D eigenvalue weighted by atomic mass is 9.79. The zero-order chi connectivity index (χ0) is 31.4.